The number of aromatic nitrogens is 2. The summed E-state index contributed by atoms with van der Waals surface area (Å²) in [6.07, 6.45) is 0.866. The van der Waals surface area contributed by atoms with Gasteiger partial charge in [-0.25, -0.2) is 9.07 Å². The van der Waals surface area contributed by atoms with Gasteiger partial charge in [-0.1, -0.05) is 19.1 Å². The largest absolute Gasteiger partial charge is 0.389 e. The summed E-state index contributed by atoms with van der Waals surface area (Å²) in [7, 11) is 0. The lowest BCUT2D eigenvalue weighted by Gasteiger charge is -2.10. The monoisotopic (exact) mass is 355 g/mol. The lowest BCUT2D eigenvalue weighted by molar-refractivity contribution is 0.601. The van der Waals surface area contributed by atoms with Gasteiger partial charge in [-0.3, -0.25) is 0 Å². The molecule has 0 saturated carbocycles. The molecule has 0 aliphatic heterocycles. The fourth-order valence-corrected chi connectivity index (χ4v) is 3.16. The molecule has 2 N–H and O–H groups in total. The summed E-state index contributed by atoms with van der Waals surface area (Å²) in [5.74, 6) is -0.413. The molecule has 106 valence electrons. The second-order valence-electron chi connectivity index (χ2n) is 4.54. The first-order valence-electron chi connectivity index (χ1n) is 6.21. The maximum absolute atomic E-state index is 14.5. The molecule has 2 rings (SSSR count). The van der Waals surface area contributed by atoms with Crippen LogP contribution < -0.4 is 5.73 Å². The van der Waals surface area contributed by atoms with Crippen molar-refractivity contribution < 1.29 is 4.39 Å². The van der Waals surface area contributed by atoms with Crippen molar-refractivity contribution in [2.75, 3.05) is 0 Å². The number of halogens is 2. The molecule has 6 heteroatoms. The molecule has 1 heterocycles. The molecule has 3 nitrogen and oxygen atoms in total. The van der Waals surface area contributed by atoms with E-state index in [0.717, 1.165) is 23.4 Å². The van der Waals surface area contributed by atoms with Crippen LogP contribution in [0.5, 0.6) is 0 Å². The predicted molar refractivity (Wildman–Crippen MR) is 86.0 cm³/mol. The van der Waals surface area contributed by atoms with E-state index in [9.17, 15) is 4.39 Å². The fourth-order valence-electron chi connectivity index (χ4n) is 2.31. The normalized spacial score (nSPS) is 10.8. The Bertz CT molecular complexity index is 694. The van der Waals surface area contributed by atoms with E-state index in [1.165, 1.54) is 0 Å². The predicted octanol–water partition coefficient (Wildman–Crippen LogP) is 3.59. The number of hydrogen-bond donors (Lipinski definition) is 1. The van der Waals surface area contributed by atoms with Crippen LogP contribution in [-0.2, 0) is 6.42 Å². The fraction of sp³-hybridized carbons (Fsp3) is 0.286. The maximum Gasteiger partial charge on any atom is 0.163 e. The van der Waals surface area contributed by atoms with Gasteiger partial charge in [-0.05, 0) is 53.9 Å². The second-order valence-corrected chi connectivity index (χ2v) is 5.77. The summed E-state index contributed by atoms with van der Waals surface area (Å²) in [6, 6.07) is 3.35. The van der Waals surface area contributed by atoms with Crippen LogP contribution in [0.25, 0.3) is 5.69 Å². The zero-order valence-corrected chi connectivity index (χ0v) is 13.9. The van der Waals surface area contributed by atoms with Crippen molar-refractivity contribution >= 4 is 33.1 Å². The SMILES string of the molecule is CCc1c(C)nn(-c2ccc(C(N)=S)c(Br)c2F)c1C. The minimum absolute atomic E-state index is 0.157. The molecule has 0 spiro atoms. The summed E-state index contributed by atoms with van der Waals surface area (Å²) in [4.78, 5) is 0.157. The van der Waals surface area contributed by atoms with E-state index in [4.69, 9.17) is 18.0 Å². The second kappa shape index (κ2) is 5.61. The molecular weight excluding hydrogens is 341 g/mol. The Balaban J connectivity index is 2.66. The van der Waals surface area contributed by atoms with E-state index in [2.05, 4.69) is 28.0 Å². The van der Waals surface area contributed by atoms with Gasteiger partial charge in [-0.15, -0.1) is 0 Å². The Morgan fingerprint density at radius 2 is 2.10 bits per heavy atom. The lowest BCUT2D eigenvalue weighted by atomic mass is 10.1. The van der Waals surface area contributed by atoms with Crippen molar-refractivity contribution in [3.8, 4) is 5.69 Å². The number of rotatable bonds is 3. The maximum atomic E-state index is 14.5. The molecule has 2 aromatic rings. The van der Waals surface area contributed by atoms with Crippen LogP contribution in [0.3, 0.4) is 0 Å². The van der Waals surface area contributed by atoms with Gasteiger partial charge < -0.3 is 5.73 Å². The van der Waals surface area contributed by atoms with Crippen molar-refractivity contribution in [2.24, 2.45) is 5.73 Å². The summed E-state index contributed by atoms with van der Waals surface area (Å²) in [5.41, 5.74) is 9.43. The third-order valence-electron chi connectivity index (χ3n) is 3.35. The van der Waals surface area contributed by atoms with Gasteiger partial charge in [-0.2, -0.15) is 5.10 Å². The van der Waals surface area contributed by atoms with Crippen molar-refractivity contribution in [2.45, 2.75) is 27.2 Å². The van der Waals surface area contributed by atoms with Gasteiger partial charge in [0, 0.05) is 11.3 Å². The van der Waals surface area contributed by atoms with Crippen molar-refractivity contribution in [3.05, 3.63) is 44.9 Å². The zero-order chi connectivity index (χ0) is 15.0. The Hall–Kier alpha value is -1.27. The van der Waals surface area contributed by atoms with Gasteiger partial charge in [0.1, 0.15) is 10.7 Å². The van der Waals surface area contributed by atoms with Crippen LogP contribution in [0.4, 0.5) is 4.39 Å². The van der Waals surface area contributed by atoms with Gasteiger partial charge >= 0.3 is 0 Å². The van der Waals surface area contributed by atoms with Gasteiger partial charge in [0.25, 0.3) is 0 Å². The standard InChI is InChI=1S/C14H15BrFN3S/c1-4-9-7(2)18-19(8(9)3)11-6-5-10(14(17)20)12(15)13(11)16/h5-6H,4H2,1-3H3,(H2,17,20). The highest BCUT2D eigenvalue weighted by atomic mass is 79.9. The molecule has 0 aliphatic carbocycles. The van der Waals surface area contributed by atoms with Crippen LogP contribution in [0.15, 0.2) is 16.6 Å². The molecule has 0 unspecified atom stereocenters. The van der Waals surface area contributed by atoms with E-state index >= 15 is 0 Å². The lowest BCUT2D eigenvalue weighted by Crippen LogP contribution is -2.12. The molecule has 0 amide bonds. The van der Waals surface area contributed by atoms with Gasteiger partial charge in [0.2, 0.25) is 0 Å². The summed E-state index contributed by atoms with van der Waals surface area (Å²) in [5, 5.41) is 4.42. The highest BCUT2D eigenvalue weighted by molar-refractivity contribution is 9.10. The summed E-state index contributed by atoms with van der Waals surface area (Å²) in [6.45, 7) is 5.93. The highest BCUT2D eigenvalue weighted by Gasteiger charge is 2.18. The van der Waals surface area contributed by atoms with Crippen LogP contribution >= 0.6 is 28.1 Å². The van der Waals surface area contributed by atoms with Crippen molar-refractivity contribution in [1.82, 2.24) is 9.78 Å². The van der Waals surface area contributed by atoms with Gasteiger partial charge in [0.05, 0.1) is 10.2 Å². The smallest absolute Gasteiger partial charge is 0.163 e. The third kappa shape index (κ3) is 2.38. The number of benzene rings is 1. The first-order valence-corrected chi connectivity index (χ1v) is 7.41. The first kappa shape index (κ1) is 15.1. The average molecular weight is 356 g/mol. The number of nitrogens with zero attached hydrogens (tertiary/aromatic N) is 2. The molecule has 1 aromatic carbocycles. The Morgan fingerprint density at radius 3 is 2.60 bits per heavy atom. The molecule has 0 bridgehead atoms. The highest BCUT2D eigenvalue weighted by Crippen LogP contribution is 2.28. The number of nitrogens with two attached hydrogens (primary N) is 1. The molecule has 1 aromatic heterocycles. The van der Waals surface area contributed by atoms with E-state index in [-0.39, 0.29) is 9.46 Å². The van der Waals surface area contributed by atoms with Crippen LogP contribution in [0, 0.1) is 19.7 Å². The first-order chi connectivity index (χ1) is 9.38. The zero-order valence-electron chi connectivity index (χ0n) is 11.5. The van der Waals surface area contributed by atoms with E-state index in [1.54, 1.807) is 16.8 Å². The van der Waals surface area contributed by atoms with Crippen LogP contribution in [-0.4, -0.2) is 14.8 Å². The summed E-state index contributed by atoms with van der Waals surface area (Å²) < 4.78 is 16.4. The number of aryl methyl sites for hydroxylation is 1. The molecule has 0 saturated heterocycles. The third-order valence-corrected chi connectivity index (χ3v) is 4.35. The van der Waals surface area contributed by atoms with E-state index in [1.807, 2.05) is 13.8 Å². The van der Waals surface area contributed by atoms with Crippen LogP contribution in [0.2, 0.25) is 0 Å². The Kier molecular flexibility index (Phi) is 4.25. The minimum Gasteiger partial charge on any atom is -0.389 e. The van der Waals surface area contributed by atoms with E-state index in [0.29, 0.717) is 11.3 Å². The topological polar surface area (TPSA) is 43.8 Å². The quantitative estimate of drug-likeness (QED) is 0.855. The molecule has 0 atom stereocenters. The summed E-state index contributed by atoms with van der Waals surface area (Å²) >= 11 is 8.11. The minimum atomic E-state index is -0.413. The Labute approximate surface area is 131 Å². The van der Waals surface area contributed by atoms with Gasteiger partial charge in [0.15, 0.2) is 5.82 Å². The van der Waals surface area contributed by atoms with Crippen LogP contribution in [0.1, 0.15) is 29.4 Å². The molecule has 0 fully saturated rings. The van der Waals surface area contributed by atoms with Crippen molar-refractivity contribution in [1.29, 1.82) is 0 Å². The number of hydrogen-bond acceptors (Lipinski definition) is 2. The Morgan fingerprint density at radius 1 is 1.45 bits per heavy atom. The van der Waals surface area contributed by atoms with Crippen molar-refractivity contribution in [3.63, 3.8) is 0 Å². The molecule has 20 heavy (non-hydrogen) atoms. The number of thiocarbonyl (C=S) groups is 1. The molecular formula is C14H15BrFN3S. The molecule has 0 aliphatic rings. The molecule has 0 radical (unpaired) electrons. The average Bonchev–Trinajstić information content (AvgIpc) is 2.67. The van der Waals surface area contributed by atoms with E-state index < -0.39 is 5.82 Å².